The standard InChI is InChI=1S/C12H23NO3/c1-11(2)7-5-6-9(11)13-8-12(3,15)10(14)16-4/h9,13,15H,5-8H2,1-4H3. The van der Waals surface area contributed by atoms with Gasteiger partial charge in [0.15, 0.2) is 5.60 Å². The van der Waals surface area contributed by atoms with Gasteiger partial charge in [-0.1, -0.05) is 20.3 Å². The van der Waals surface area contributed by atoms with E-state index in [0.29, 0.717) is 6.04 Å². The SMILES string of the molecule is COC(=O)C(C)(O)CNC1CCCC1(C)C. The van der Waals surface area contributed by atoms with Crippen LogP contribution in [0.1, 0.15) is 40.0 Å². The molecule has 16 heavy (non-hydrogen) atoms. The van der Waals surface area contributed by atoms with Gasteiger partial charge in [0.05, 0.1) is 7.11 Å². The molecule has 2 N–H and O–H groups in total. The second-order valence-corrected chi connectivity index (χ2v) is 5.58. The van der Waals surface area contributed by atoms with Crippen LogP contribution in [0.2, 0.25) is 0 Å². The van der Waals surface area contributed by atoms with Gasteiger partial charge in [0, 0.05) is 12.6 Å². The summed E-state index contributed by atoms with van der Waals surface area (Å²) in [7, 11) is 1.29. The van der Waals surface area contributed by atoms with Crippen LogP contribution in [0.4, 0.5) is 0 Å². The number of rotatable bonds is 4. The number of carbonyl (C=O) groups excluding carboxylic acids is 1. The van der Waals surface area contributed by atoms with Crippen molar-refractivity contribution in [1.29, 1.82) is 0 Å². The Labute approximate surface area is 97.4 Å². The van der Waals surface area contributed by atoms with E-state index in [1.54, 1.807) is 0 Å². The minimum absolute atomic E-state index is 0.242. The maximum absolute atomic E-state index is 11.3. The summed E-state index contributed by atoms with van der Waals surface area (Å²) >= 11 is 0. The number of methoxy groups -OCH3 is 1. The van der Waals surface area contributed by atoms with E-state index in [-0.39, 0.29) is 12.0 Å². The fraction of sp³-hybridized carbons (Fsp3) is 0.917. The molecule has 0 spiro atoms. The summed E-state index contributed by atoms with van der Waals surface area (Å²) in [5.74, 6) is -0.587. The van der Waals surface area contributed by atoms with E-state index >= 15 is 0 Å². The predicted molar refractivity (Wildman–Crippen MR) is 62.1 cm³/mol. The Balaban J connectivity index is 2.48. The second kappa shape index (κ2) is 4.72. The van der Waals surface area contributed by atoms with Crippen LogP contribution in [-0.2, 0) is 9.53 Å². The van der Waals surface area contributed by atoms with E-state index in [0.717, 1.165) is 6.42 Å². The third-order valence-electron chi connectivity index (χ3n) is 3.58. The van der Waals surface area contributed by atoms with Crippen molar-refractivity contribution in [3.63, 3.8) is 0 Å². The molecule has 0 aliphatic heterocycles. The molecule has 0 saturated heterocycles. The van der Waals surface area contributed by atoms with Gasteiger partial charge in [-0.15, -0.1) is 0 Å². The Bertz CT molecular complexity index is 261. The molecule has 0 aromatic heterocycles. The summed E-state index contributed by atoms with van der Waals surface area (Å²) in [6, 6.07) is 0.364. The largest absolute Gasteiger partial charge is 0.467 e. The van der Waals surface area contributed by atoms with E-state index in [1.165, 1.54) is 26.9 Å². The highest BCUT2D eigenvalue weighted by Crippen LogP contribution is 2.37. The zero-order valence-corrected chi connectivity index (χ0v) is 10.7. The maximum atomic E-state index is 11.3. The van der Waals surface area contributed by atoms with Crippen molar-refractivity contribution in [1.82, 2.24) is 5.32 Å². The highest BCUT2D eigenvalue weighted by atomic mass is 16.5. The van der Waals surface area contributed by atoms with Gasteiger partial charge in [0.2, 0.25) is 0 Å². The molecule has 0 radical (unpaired) electrons. The average molecular weight is 229 g/mol. The van der Waals surface area contributed by atoms with Crippen molar-refractivity contribution in [3.05, 3.63) is 0 Å². The molecule has 2 unspecified atom stereocenters. The second-order valence-electron chi connectivity index (χ2n) is 5.58. The van der Waals surface area contributed by atoms with E-state index < -0.39 is 11.6 Å². The zero-order chi connectivity index (χ0) is 12.4. The van der Waals surface area contributed by atoms with E-state index in [9.17, 15) is 9.90 Å². The molecule has 1 rings (SSSR count). The predicted octanol–water partition coefficient (Wildman–Crippen LogP) is 1.08. The van der Waals surface area contributed by atoms with Crippen LogP contribution in [0.5, 0.6) is 0 Å². The summed E-state index contributed by atoms with van der Waals surface area (Å²) in [5.41, 5.74) is -1.19. The normalized spacial score (nSPS) is 27.4. The van der Waals surface area contributed by atoms with Gasteiger partial charge in [0.25, 0.3) is 0 Å². The van der Waals surface area contributed by atoms with Crippen molar-refractivity contribution in [2.24, 2.45) is 5.41 Å². The number of carbonyl (C=O) groups is 1. The fourth-order valence-electron chi connectivity index (χ4n) is 2.32. The lowest BCUT2D eigenvalue weighted by Gasteiger charge is -2.30. The van der Waals surface area contributed by atoms with Crippen LogP contribution in [0.3, 0.4) is 0 Å². The Kier molecular flexibility index (Phi) is 3.97. The Morgan fingerprint density at radius 1 is 1.62 bits per heavy atom. The molecule has 1 saturated carbocycles. The van der Waals surface area contributed by atoms with Crippen LogP contribution in [-0.4, -0.2) is 36.4 Å². The minimum Gasteiger partial charge on any atom is -0.467 e. The van der Waals surface area contributed by atoms with Crippen LogP contribution in [0, 0.1) is 5.41 Å². The lowest BCUT2D eigenvalue weighted by Crippen LogP contribution is -2.50. The third-order valence-corrected chi connectivity index (χ3v) is 3.58. The summed E-state index contributed by atoms with van der Waals surface area (Å²) < 4.78 is 4.55. The third kappa shape index (κ3) is 2.95. The molecule has 0 heterocycles. The lowest BCUT2D eigenvalue weighted by molar-refractivity contribution is -0.160. The molecule has 2 atom stereocenters. The highest BCUT2D eigenvalue weighted by Gasteiger charge is 2.37. The molecule has 0 aromatic rings. The first-order chi connectivity index (χ1) is 7.29. The molecule has 0 aromatic carbocycles. The molecular formula is C12H23NO3. The summed E-state index contributed by atoms with van der Waals surface area (Å²) in [4.78, 5) is 11.3. The molecule has 1 aliphatic rings. The number of aliphatic hydroxyl groups is 1. The highest BCUT2D eigenvalue weighted by molar-refractivity contribution is 5.78. The number of nitrogens with one attached hydrogen (secondary N) is 1. The quantitative estimate of drug-likeness (QED) is 0.708. The molecule has 4 nitrogen and oxygen atoms in total. The van der Waals surface area contributed by atoms with Crippen molar-refractivity contribution < 1.29 is 14.6 Å². The average Bonchev–Trinajstić information content (AvgIpc) is 2.53. The number of esters is 1. The Morgan fingerprint density at radius 2 is 2.25 bits per heavy atom. The van der Waals surface area contributed by atoms with Crippen LogP contribution in [0.25, 0.3) is 0 Å². The lowest BCUT2D eigenvalue weighted by atomic mass is 9.87. The Morgan fingerprint density at radius 3 is 2.69 bits per heavy atom. The molecule has 4 heteroatoms. The summed E-state index contributed by atoms with van der Waals surface area (Å²) in [6.07, 6.45) is 3.49. The zero-order valence-electron chi connectivity index (χ0n) is 10.7. The van der Waals surface area contributed by atoms with Gasteiger partial charge in [0.1, 0.15) is 0 Å². The van der Waals surface area contributed by atoms with Gasteiger partial charge >= 0.3 is 5.97 Å². The molecular weight excluding hydrogens is 206 g/mol. The molecule has 1 aliphatic carbocycles. The van der Waals surface area contributed by atoms with Gasteiger partial charge in [-0.05, 0) is 25.2 Å². The fourth-order valence-corrected chi connectivity index (χ4v) is 2.32. The summed E-state index contributed by atoms with van der Waals surface area (Å²) in [5, 5.41) is 13.2. The minimum atomic E-state index is -1.44. The van der Waals surface area contributed by atoms with E-state index in [4.69, 9.17) is 0 Å². The van der Waals surface area contributed by atoms with E-state index in [2.05, 4.69) is 23.9 Å². The first kappa shape index (κ1) is 13.5. The van der Waals surface area contributed by atoms with Crippen molar-refractivity contribution >= 4 is 5.97 Å². The molecule has 94 valence electrons. The Hall–Kier alpha value is -0.610. The van der Waals surface area contributed by atoms with Crippen molar-refractivity contribution in [3.8, 4) is 0 Å². The molecule has 0 amide bonds. The van der Waals surface area contributed by atoms with Gasteiger partial charge < -0.3 is 15.2 Å². The molecule has 1 fully saturated rings. The number of hydrogen-bond acceptors (Lipinski definition) is 4. The van der Waals surface area contributed by atoms with Crippen LogP contribution >= 0.6 is 0 Å². The van der Waals surface area contributed by atoms with Gasteiger partial charge in [-0.2, -0.15) is 0 Å². The smallest absolute Gasteiger partial charge is 0.338 e. The number of ether oxygens (including phenoxy) is 1. The molecule has 0 bridgehead atoms. The first-order valence-electron chi connectivity index (χ1n) is 5.84. The maximum Gasteiger partial charge on any atom is 0.338 e. The summed E-state index contributed by atoms with van der Waals surface area (Å²) in [6.45, 7) is 6.15. The first-order valence-corrected chi connectivity index (χ1v) is 5.84. The monoisotopic (exact) mass is 229 g/mol. The van der Waals surface area contributed by atoms with Crippen molar-refractivity contribution in [2.45, 2.75) is 51.7 Å². The van der Waals surface area contributed by atoms with Gasteiger partial charge in [-0.25, -0.2) is 4.79 Å². The van der Waals surface area contributed by atoms with E-state index in [1.807, 2.05) is 0 Å². The van der Waals surface area contributed by atoms with Crippen LogP contribution < -0.4 is 5.32 Å². The van der Waals surface area contributed by atoms with Crippen LogP contribution in [0.15, 0.2) is 0 Å². The number of hydrogen-bond donors (Lipinski definition) is 2. The topological polar surface area (TPSA) is 58.6 Å². The van der Waals surface area contributed by atoms with Gasteiger partial charge in [-0.3, -0.25) is 0 Å². The van der Waals surface area contributed by atoms with Crippen molar-refractivity contribution in [2.75, 3.05) is 13.7 Å².